The zero-order chi connectivity index (χ0) is 22.1. The maximum Gasteiger partial charge on any atom is 0.262 e. The highest BCUT2D eigenvalue weighted by atomic mass is 19.1. The molecule has 0 saturated carbocycles. The van der Waals surface area contributed by atoms with Crippen LogP contribution in [0.5, 0.6) is 5.75 Å². The number of ether oxygens (including phenoxy) is 1. The molecule has 0 unspecified atom stereocenters. The van der Waals surface area contributed by atoms with E-state index in [9.17, 15) is 14.0 Å². The first-order valence-corrected chi connectivity index (χ1v) is 10.2. The third-order valence-corrected chi connectivity index (χ3v) is 4.65. The molecule has 0 aliphatic carbocycles. The summed E-state index contributed by atoms with van der Waals surface area (Å²) < 4.78 is 18.4. The van der Waals surface area contributed by atoms with Crippen molar-refractivity contribution in [3.8, 4) is 5.75 Å². The summed E-state index contributed by atoms with van der Waals surface area (Å²) in [5, 5.41) is 5.49. The molecule has 0 aromatic heterocycles. The van der Waals surface area contributed by atoms with Gasteiger partial charge in [0.15, 0.2) is 6.61 Å². The summed E-state index contributed by atoms with van der Waals surface area (Å²) in [6.07, 6.45) is 3.33. The van der Waals surface area contributed by atoms with Crippen LogP contribution in [-0.4, -0.2) is 18.4 Å². The molecule has 5 nitrogen and oxygen atoms in total. The average molecular weight is 420 g/mol. The summed E-state index contributed by atoms with van der Waals surface area (Å²) in [6, 6.07) is 19.8. The first-order valence-electron chi connectivity index (χ1n) is 10.2. The van der Waals surface area contributed by atoms with Gasteiger partial charge >= 0.3 is 0 Å². The third kappa shape index (κ3) is 6.96. The van der Waals surface area contributed by atoms with Crippen LogP contribution in [0.3, 0.4) is 0 Å². The predicted molar refractivity (Wildman–Crippen MR) is 120 cm³/mol. The standard InChI is InChI=1S/C25H25FN2O3/c1-2-3-4-18-5-11-21(12-6-18)27-24(29)17-31-23-15-7-19(8-16-23)25(30)28-22-13-9-20(26)10-14-22/h5-16H,2-4,17H2,1H3,(H,27,29)(H,28,30). The number of anilines is 2. The SMILES string of the molecule is CCCCc1ccc(NC(=O)COc2ccc(C(=O)Nc3ccc(F)cc3)cc2)cc1. The lowest BCUT2D eigenvalue weighted by molar-refractivity contribution is -0.118. The lowest BCUT2D eigenvalue weighted by Crippen LogP contribution is -2.20. The van der Waals surface area contributed by atoms with Crippen molar-refractivity contribution < 1.29 is 18.7 Å². The van der Waals surface area contributed by atoms with Crippen molar-refractivity contribution in [2.24, 2.45) is 0 Å². The van der Waals surface area contributed by atoms with Gasteiger partial charge in [-0.05, 0) is 79.1 Å². The highest BCUT2D eigenvalue weighted by molar-refractivity contribution is 6.04. The van der Waals surface area contributed by atoms with Crippen LogP contribution in [-0.2, 0) is 11.2 Å². The van der Waals surface area contributed by atoms with E-state index < -0.39 is 0 Å². The van der Waals surface area contributed by atoms with Crippen molar-refractivity contribution in [1.29, 1.82) is 0 Å². The van der Waals surface area contributed by atoms with Gasteiger partial charge in [-0.25, -0.2) is 4.39 Å². The topological polar surface area (TPSA) is 67.4 Å². The van der Waals surface area contributed by atoms with Crippen molar-refractivity contribution in [3.63, 3.8) is 0 Å². The van der Waals surface area contributed by atoms with Crippen molar-refractivity contribution in [2.45, 2.75) is 26.2 Å². The van der Waals surface area contributed by atoms with Gasteiger partial charge < -0.3 is 15.4 Å². The summed E-state index contributed by atoms with van der Waals surface area (Å²) in [7, 11) is 0. The van der Waals surface area contributed by atoms with Crippen LogP contribution in [0.15, 0.2) is 72.8 Å². The Labute approximate surface area is 181 Å². The van der Waals surface area contributed by atoms with Crippen molar-refractivity contribution in [3.05, 3.63) is 89.7 Å². The second kappa shape index (κ2) is 10.9. The highest BCUT2D eigenvalue weighted by Crippen LogP contribution is 2.16. The molecule has 2 amide bonds. The zero-order valence-corrected chi connectivity index (χ0v) is 17.4. The molecule has 3 rings (SSSR count). The number of rotatable bonds is 9. The Morgan fingerprint density at radius 1 is 0.839 bits per heavy atom. The van der Waals surface area contributed by atoms with Gasteiger partial charge in [-0.3, -0.25) is 9.59 Å². The van der Waals surface area contributed by atoms with Gasteiger partial charge in [-0.15, -0.1) is 0 Å². The summed E-state index contributed by atoms with van der Waals surface area (Å²) in [6.45, 7) is 2.02. The molecule has 6 heteroatoms. The number of amides is 2. The smallest absolute Gasteiger partial charge is 0.262 e. The Hall–Kier alpha value is -3.67. The average Bonchev–Trinajstić information content (AvgIpc) is 2.79. The number of unbranched alkanes of at least 4 members (excludes halogenated alkanes) is 1. The predicted octanol–water partition coefficient (Wildman–Crippen LogP) is 5.44. The van der Waals surface area contributed by atoms with Crippen LogP contribution < -0.4 is 15.4 Å². The summed E-state index contributed by atoms with van der Waals surface area (Å²) in [5.41, 5.74) is 2.90. The van der Waals surface area contributed by atoms with Crippen LogP contribution in [0.1, 0.15) is 35.7 Å². The van der Waals surface area contributed by atoms with Gasteiger partial charge in [0, 0.05) is 16.9 Å². The zero-order valence-electron chi connectivity index (χ0n) is 17.4. The molecule has 0 heterocycles. The van der Waals surface area contributed by atoms with E-state index >= 15 is 0 Å². The molecule has 2 N–H and O–H groups in total. The lowest BCUT2D eigenvalue weighted by Gasteiger charge is -2.09. The summed E-state index contributed by atoms with van der Waals surface area (Å²) >= 11 is 0. The van der Waals surface area contributed by atoms with Crippen LogP contribution >= 0.6 is 0 Å². The van der Waals surface area contributed by atoms with E-state index in [4.69, 9.17) is 4.74 Å². The van der Waals surface area contributed by atoms with E-state index in [0.29, 0.717) is 17.0 Å². The highest BCUT2D eigenvalue weighted by Gasteiger charge is 2.08. The fourth-order valence-electron chi connectivity index (χ4n) is 2.92. The molecule has 0 spiro atoms. The molecule has 0 radical (unpaired) electrons. The van der Waals surface area contributed by atoms with Crippen LogP contribution in [0.25, 0.3) is 0 Å². The molecule has 0 aliphatic rings. The van der Waals surface area contributed by atoms with Crippen molar-refractivity contribution in [1.82, 2.24) is 0 Å². The number of carbonyl (C=O) groups excluding carboxylic acids is 2. The monoisotopic (exact) mass is 420 g/mol. The molecule has 0 bridgehead atoms. The second-order valence-electron chi connectivity index (χ2n) is 7.12. The van der Waals surface area contributed by atoms with E-state index in [2.05, 4.69) is 17.6 Å². The second-order valence-corrected chi connectivity index (χ2v) is 7.12. The van der Waals surface area contributed by atoms with E-state index in [0.717, 1.165) is 24.9 Å². The molecule has 0 atom stereocenters. The molecule has 160 valence electrons. The van der Waals surface area contributed by atoms with Gasteiger partial charge in [0.05, 0.1) is 0 Å². The Morgan fingerprint density at radius 2 is 1.45 bits per heavy atom. The molecule has 3 aromatic carbocycles. The van der Waals surface area contributed by atoms with Gasteiger partial charge in [-0.2, -0.15) is 0 Å². The van der Waals surface area contributed by atoms with Crippen LogP contribution in [0.2, 0.25) is 0 Å². The number of hydrogen-bond acceptors (Lipinski definition) is 3. The maximum atomic E-state index is 12.9. The Kier molecular flexibility index (Phi) is 7.76. The molecular formula is C25H25FN2O3. The van der Waals surface area contributed by atoms with E-state index in [1.165, 1.54) is 29.8 Å². The van der Waals surface area contributed by atoms with E-state index in [1.807, 2.05) is 24.3 Å². The molecule has 0 aliphatic heterocycles. The normalized spacial score (nSPS) is 10.4. The van der Waals surface area contributed by atoms with Gasteiger partial charge in [-0.1, -0.05) is 25.5 Å². The first-order chi connectivity index (χ1) is 15.0. The lowest BCUT2D eigenvalue weighted by atomic mass is 10.1. The fourth-order valence-corrected chi connectivity index (χ4v) is 2.92. The van der Waals surface area contributed by atoms with Crippen molar-refractivity contribution in [2.75, 3.05) is 17.2 Å². The van der Waals surface area contributed by atoms with Gasteiger partial charge in [0.1, 0.15) is 11.6 Å². The largest absolute Gasteiger partial charge is 0.484 e. The molecule has 0 fully saturated rings. The molecule has 31 heavy (non-hydrogen) atoms. The van der Waals surface area contributed by atoms with Crippen LogP contribution in [0, 0.1) is 5.82 Å². The third-order valence-electron chi connectivity index (χ3n) is 4.65. The number of nitrogens with one attached hydrogen (secondary N) is 2. The minimum atomic E-state index is -0.368. The number of aryl methyl sites for hydroxylation is 1. The molecule has 0 saturated heterocycles. The fraction of sp³-hybridized carbons (Fsp3) is 0.200. The van der Waals surface area contributed by atoms with E-state index in [1.54, 1.807) is 24.3 Å². The Balaban J connectivity index is 1.46. The Bertz CT molecular complexity index is 1000. The van der Waals surface area contributed by atoms with Crippen LogP contribution in [0.4, 0.5) is 15.8 Å². The van der Waals surface area contributed by atoms with Gasteiger partial charge in [0.2, 0.25) is 0 Å². The summed E-state index contributed by atoms with van der Waals surface area (Å²) in [5.74, 6) is -0.478. The first kappa shape index (κ1) is 22.0. The number of benzene rings is 3. The van der Waals surface area contributed by atoms with E-state index in [-0.39, 0.29) is 24.2 Å². The molecular weight excluding hydrogens is 395 g/mol. The maximum absolute atomic E-state index is 12.9. The summed E-state index contributed by atoms with van der Waals surface area (Å²) in [4.78, 5) is 24.4. The minimum Gasteiger partial charge on any atom is -0.484 e. The number of hydrogen-bond donors (Lipinski definition) is 2. The van der Waals surface area contributed by atoms with Gasteiger partial charge in [0.25, 0.3) is 11.8 Å². The Morgan fingerprint density at radius 3 is 2.10 bits per heavy atom. The quantitative estimate of drug-likeness (QED) is 0.484. The number of halogens is 1. The minimum absolute atomic E-state index is 0.140. The number of carbonyl (C=O) groups is 2. The molecule has 3 aromatic rings. The van der Waals surface area contributed by atoms with Crippen molar-refractivity contribution >= 4 is 23.2 Å².